The summed E-state index contributed by atoms with van der Waals surface area (Å²) in [7, 11) is 3.21. The number of nitrogens with one attached hydrogen (secondary N) is 2. The van der Waals surface area contributed by atoms with Crippen molar-refractivity contribution in [3.05, 3.63) is 145 Å². The van der Waals surface area contributed by atoms with Gasteiger partial charge >= 0.3 is 5.97 Å². The van der Waals surface area contributed by atoms with Gasteiger partial charge in [0.1, 0.15) is 17.1 Å². The molecule has 7 aromatic rings. The van der Waals surface area contributed by atoms with Crippen molar-refractivity contribution < 1.29 is 33.6 Å². The van der Waals surface area contributed by atoms with Gasteiger partial charge < -0.3 is 39.3 Å². The minimum absolute atomic E-state index is 0. The fraction of sp³-hybridized carbons (Fsp3) is 0.200. The maximum absolute atomic E-state index is 12.8. The third-order valence-electron chi connectivity index (χ3n) is 10.1. The number of amides is 1. The van der Waals surface area contributed by atoms with Crippen LogP contribution in [0.4, 0.5) is 5.69 Å². The van der Waals surface area contributed by atoms with E-state index in [1.807, 2.05) is 97.1 Å². The summed E-state index contributed by atoms with van der Waals surface area (Å²) in [6.45, 7) is 2.88. The van der Waals surface area contributed by atoms with Crippen LogP contribution in [0.3, 0.4) is 0 Å². The molecule has 2 fully saturated rings. The van der Waals surface area contributed by atoms with Crippen molar-refractivity contribution in [2.24, 2.45) is 4.99 Å². The molecule has 0 saturated carbocycles. The fourth-order valence-electron chi connectivity index (χ4n) is 6.77. The summed E-state index contributed by atoms with van der Waals surface area (Å²) in [5.74, 6) is 3.20. The van der Waals surface area contributed by atoms with Gasteiger partial charge in [0, 0.05) is 69.2 Å². The first-order valence-corrected chi connectivity index (χ1v) is 19.5. The summed E-state index contributed by atoms with van der Waals surface area (Å²) in [6, 6.07) is 29.9. The zero-order valence-corrected chi connectivity index (χ0v) is 34.5. The fourth-order valence-corrected chi connectivity index (χ4v) is 6.77. The number of rotatable bonds is 10. The van der Waals surface area contributed by atoms with Gasteiger partial charge in [0.05, 0.1) is 30.9 Å². The summed E-state index contributed by atoms with van der Waals surface area (Å²) >= 11 is 0. The number of aliphatic carboxylic acids is 1. The van der Waals surface area contributed by atoms with E-state index < -0.39 is 5.97 Å². The molecule has 0 bridgehead atoms. The number of aromatic amines is 1. The molecule has 3 aromatic heterocycles. The second kappa shape index (κ2) is 19.8. The number of para-hydroxylation sites is 7. The quantitative estimate of drug-likeness (QED) is 0.125. The number of fused-ring (bicyclic) bond motifs is 2. The molecule has 3 aliphatic heterocycles. The molecule has 0 unspecified atom stereocenters. The van der Waals surface area contributed by atoms with Crippen molar-refractivity contribution in [3.63, 3.8) is 0 Å². The molecule has 17 heteroatoms. The standard InChI is InChI=1S/C22H19N5O3.C14H15N3O2.C9H7NO2.ClH/c1-29-17-8-4-5-9-18(17)30-21-19(23-10-11-24-21)14-12-27(13-14)22(28)20-25-15-6-2-3-7-16(15)26-20;1-18-11-4-2-3-5-12(11)19-14-13(10-8-15-9-10)16-6-7-17-14;11-9(12)8-5-6-3-1-2-4-7(6)10-8;/h2-11,14H,12-13H2,1H3,(H,25,26);2-7,10,15H,8-9H2,1H3;1-4H,5H2,(H,11,12);1H. The number of halogens is 1. The third kappa shape index (κ3) is 9.62. The molecule has 0 spiro atoms. The molecule has 3 aliphatic rings. The Bertz CT molecular complexity index is 2670. The maximum atomic E-state index is 12.8. The zero-order chi connectivity index (χ0) is 42.1. The Morgan fingerprint density at radius 2 is 1.21 bits per heavy atom. The number of carboxylic acids is 1. The highest BCUT2D eigenvalue weighted by Crippen LogP contribution is 2.37. The van der Waals surface area contributed by atoms with E-state index in [9.17, 15) is 9.59 Å². The van der Waals surface area contributed by atoms with E-state index in [0.717, 1.165) is 46.8 Å². The number of aromatic nitrogens is 6. The second-order valence-electron chi connectivity index (χ2n) is 14.0. The average Bonchev–Trinajstić information content (AvgIpc) is 3.90. The van der Waals surface area contributed by atoms with Gasteiger partial charge in [-0.25, -0.2) is 24.7 Å². The van der Waals surface area contributed by atoms with E-state index >= 15 is 0 Å². The van der Waals surface area contributed by atoms with Crippen LogP contribution in [0.1, 0.15) is 39.4 Å². The van der Waals surface area contributed by atoms with Gasteiger partial charge in [0.15, 0.2) is 28.8 Å². The molecule has 2 saturated heterocycles. The molecule has 0 atom stereocenters. The van der Waals surface area contributed by atoms with E-state index in [4.69, 9.17) is 24.1 Å². The summed E-state index contributed by atoms with van der Waals surface area (Å²) in [6.07, 6.45) is 7.01. The lowest BCUT2D eigenvalue weighted by Crippen LogP contribution is -2.49. The number of ether oxygens (including phenoxy) is 4. The van der Waals surface area contributed by atoms with Crippen molar-refractivity contribution >= 4 is 46.7 Å². The zero-order valence-electron chi connectivity index (χ0n) is 33.7. The highest BCUT2D eigenvalue weighted by Gasteiger charge is 2.37. The maximum Gasteiger partial charge on any atom is 0.350 e. The number of likely N-dealkylation sites (tertiary alicyclic amines) is 1. The monoisotopic (exact) mass is 855 g/mol. The Balaban J connectivity index is 0.000000154. The van der Waals surface area contributed by atoms with Gasteiger partial charge in [-0.1, -0.05) is 54.6 Å². The van der Waals surface area contributed by atoms with Crippen molar-refractivity contribution in [3.8, 4) is 34.8 Å². The predicted molar refractivity (Wildman–Crippen MR) is 233 cm³/mol. The predicted octanol–water partition coefficient (Wildman–Crippen LogP) is 7.18. The molecule has 6 heterocycles. The van der Waals surface area contributed by atoms with Crippen LogP contribution in [0.2, 0.25) is 0 Å². The van der Waals surface area contributed by atoms with E-state index in [1.165, 1.54) is 0 Å². The number of carbonyl (C=O) groups is 2. The van der Waals surface area contributed by atoms with Crippen LogP contribution in [0.5, 0.6) is 34.8 Å². The summed E-state index contributed by atoms with van der Waals surface area (Å²) in [4.78, 5) is 54.0. The Hall–Kier alpha value is -7.43. The Morgan fingerprint density at radius 3 is 1.76 bits per heavy atom. The largest absolute Gasteiger partial charge is 0.493 e. The molecule has 16 nitrogen and oxygen atoms in total. The van der Waals surface area contributed by atoms with Crippen molar-refractivity contribution in [2.45, 2.75) is 18.3 Å². The molecule has 0 aliphatic carbocycles. The molecule has 4 aromatic carbocycles. The normalized spacial score (nSPS) is 13.9. The lowest BCUT2D eigenvalue weighted by atomic mass is 9.96. The van der Waals surface area contributed by atoms with Gasteiger partial charge in [0.2, 0.25) is 11.8 Å². The van der Waals surface area contributed by atoms with Crippen LogP contribution in [-0.4, -0.2) is 97.9 Å². The lowest BCUT2D eigenvalue weighted by molar-refractivity contribution is -0.129. The van der Waals surface area contributed by atoms with Crippen LogP contribution in [0.25, 0.3) is 11.0 Å². The van der Waals surface area contributed by atoms with Crippen molar-refractivity contribution in [2.75, 3.05) is 40.4 Å². The number of methoxy groups -OCH3 is 2. The first-order valence-electron chi connectivity index (χ1n) is 19.5. The molecule has 10 rings (SSSR count). The van der Waals surface area contributed by atoms with Crippen LogP contribution < -0.4 is 24.3 Å². The lowest BCUT2D eigenvalue weighted by Gasteiger charge is -2.38. The van der Waals surface area contributed by atoms with Gasteiger partial charge in [-0.2, -0.15) is 0 Å². The number of hydrogen-bond donors (Lipinski definition) is 3. The summed E-state index contributed by atoms with van der Waals surface area (Å²) < 4.78 is 22.5. The van der Waals surface area contributed by atoms with Gasteiger partial charge in [0.25, 0.3) is 5.91 Å². The Labute approximate surface area is 362 Å². The number of hydrogen-bond acceptors (Lipinski definition) is 13. The number of benzene rings is 4. The number of carbonyl (C=O) groups excluding carboxylic acids is 1. The van der Waals surface area contributed by atoms with Crippen LogP contribution in [0.15, 0.2) is 127 Å². The Kier molecular flexibility index (Phi) is 13.6. The minimum atomic E-state index is -0.925. The van der Waals surface area contributed by atoms with E-state index in [2.05, 4.69) is 40.2 Å². The minimum Gasteiger partial charge on any atom is -0.493 e. The number of carboxylic acid groups (broad SMARTS) is 1. The smallest absolute Gasteiger partial charge is 0.350 e. The molecular weight excluding hydrogens is 814 g/mol. The number of imidazole rings is 1. The molecule has 62 heavy (non-hydrogen) atoms. The van der Waals surface area contributed by atoms with Crippen LogP contribution in [-0.2, 0) is 11.2 Å². The van der Waals surface area contributed by atoms with Gasteiger partial charge in [-0.05, 0) is 48.0 Å². The van der Waals surface area contributed by atoms with E-state index in [-0.39, 0.29) is 29.9 Å². The highest BCUT2D eigenvalue weighted by atomic mass is 35.5. The van der Waals surface area contributed by atoms with E-state index in [0.29, 0.717) is 66.0 Å². The summed E-state index contributed by atoms with van der Waals surface area (Å²) in [5.41, 5.74) is 5.25. The SMILES string of the molecule is COc1ccccc1Oc1nccnc1C1CN(C(=O)c2nc3ccccc3[nH]2)C1.COc1ccccc1Oc1nccnc1C1CNC1.Cl.O=C(O)C1=Nc2ccccc2C1. The van der Waals surface area contributed by atoms with Gasteiger partial charge in [-0.3, -0.25) is 14.8 Å². The number of aliphatic imine (C=N–C) groups is 1. The molecular formula is C45H42ClN9O7. The molecule has 1 amide bonds. The number of H-pyrrole nitrogens is 1. The molecule has 0 radical (unpaired) electrons. The van der Waals surface area contributed by atoms with Crippen molar-refractivity contribution in [1.82, 2.24) is 40.1 Å². The Morgan fingerprint density at radius 1 is 0.677 bits per heavy atom. The first kappa shape index (κ1) is 42.7. The van der Waals surface area contributed by atoms with E-state index in [1.54, 1.807) is 43.9 Å². The highest BCUT2D eigenvalue weighted by molar-refractivity contribution is 6.37. The average molecular weight is 856 g/mol. The van der Waals surface area contributed by atoms with Crippen LogP contribution >= 0.6 is 12.4 Å². The third-order valence-corrected chi connectivity index (χ3v) is 10.1. The molecule has 3 N–H and O–H groups in total. The topological polar surface area (TPSA) is 199 Å². The first-order chi connectivity index (χ1) is 29.9. The van der Waals surface area contributed by atoms with Crippen molar-refractivity contribution in [1.29, 1.82) is 0 Å². The summed E-state index contributed by atoms with van der Waals surface area (Å²) in [5, 5.41) is 11.9. The van der Waals surface area contributed by atoms with Crippen LogP contribution in [0, 0.1) is 0 Å². The second-order valence-corrected chi connectivity index (χ2v) is 14.0. The number of nitrogens with zero attached hydrogens (tertiary/aromatic N) is 7. The molecule has 316 valence electrons. The van der Waals surface area contributed by atoms with Gasteiger partial charge in [-0.15, -0.1) is 12.4 Å².